The molecule has 0 saturated carbocycles. The number of fused-ring (bicyclic) bond motifs is 1. The lowest BCUT2D eigenvalue weighted by molar-refractivity contribution is 0.396. The predicted octanol–water partition coefficient (Wildman–Crippen LogP) is 3.03. The first-order valence-electron chi connectivity index (χ1n) is 5.45. The number of pyridine rings is 1. The van der Waals surface area contributed by atoms with E-state index < -0.39 is 0 Å². The van der Waals surface area contributed by atoms with Gasteiger partial charge in [-0.1, -0.05) is 18.2 Å². The minimum Gasteiger partial charge on any atom is -0.480 e. The first kappa shape index (κ1) is 9.90. The number of para-hydroxylation sites is 1. The molecule has 3 rings (SSSR count). The highest BCUT2D eigenvalue weighted by molar-refractivity contribution is 5.82. The van der Waals surface area contributed by atoms with Gasteiger partial charge in [0.2, 0.25) is 5.88 Å². The summed E-state index contributed by atoms with van der Waals surface area (Å²) in [7, 11) is 1.64. The van der Waals surface area contributed by atoms with Crippen LogP contribution in [0.15, 0.2) is 54.9 Å². The van der Waals surface area contributed by atoms with Crippen LogP contribution in [0, 0.1) is 0 Å². The van der Waals surface area contributed by atoms with E-state index in [1.165, 1.54) is 5.39 Å². The molecular formula is C14H12N2O. The highest BCUT2D eigenvalue weighted by atomic mass is 16.5. The van der Waals surface area contributed by atoms with Crippen molar-refractivity contribution in [2.45, 2.75) is 0 Å². The van der Waals surface area contributed by atoms with Gasteiger partial charge in [0.1, 0.15) is 5.69 Å². The molecule has 0 saturated heterocycles. The lowest BCUT2D eigenvalue weighted by Crippen LogP contribution is -1.97. The number of benzene rings is 1. The molecule has 0 aliphatic carbocycles. The Morgan fingerprint density at radius 1 is 1.06 bits per heavy atom. The first-order chi connectivity index (χ1) is 8.40. The molecule has 0 bridgehead atoms. The summed E-state index contributed by atoms with van der Waals surface area (Å²) in [4.78, 5) is 4.22. The Morgan fingerprint density at radius 2 is 1.94 bits per heavy atom. The molecule has 3 nitrogen and oxygen atoms in total. The van der Waals surface area contributed by atoms with Crippen LogP contribution < -0.4 is 4.74 Å². The van der Waals surface area contributed by atoms with Crippen molar-refractivity contribution < 1.29 is 4.74 Å². The first-order valence-corrected chi connectivity index (χ1v) is 5.45. The molecule has 1 aromatic carbocycles. The van der Waals surface area contributed by atoms with Crippen LogP contribution in [0.3, 0.4) is 0 Å². The van der Waals surface area contributed by atoms with Crippen molar-refractivity contribution >= 4 is 10.9 Å². The number of methoxy groups -OCH3 is 1. The molecule has 3 aromatic rings. The van der Waals surface area contributed by atoms with Gasteiger partial charge in [-0.25, -0.2) is 4.98 Å². The number of hydrogen-bond acceptors (Lipinski definition) is 2. The maximum atomic E-state index is 5.29. The Morgan fingerprint density at radius 3 is 2.82 bits per heavy atom. The summed E-state index contributed by atoms with van der Waals surface area (Å²) >= 11 is 0. The Balaban J connectivity index is 2.27. The zero-order valence-electron chi connectivity index (χ0n) is 9.50. The highest BCUT2D eigenvalue weighted by Gasteiger charge is 2.07. The number of nitrogens with zero attached hydrogens (tertiary/aromatic N) is 2. The second-order valence-electron chi connectivity index (χ2n) is 3.78. The van der Waals surface area contributed by atoms with Gasteiger partial charge in [0, 0.05) is 12.4 Å². The van der Waals surface area contributed by atoms with Crippen LogP contribution in [0.25, 0.3) is 16.6 Å². The fourth-order valence-corrected chi connectivity index (χ4v) is 2.02. The molecule has 0 amide bonds. The van der Waals surface area contributed by atoms with E-state index in [2.05, 4.69) is 27.8 Å². The van der Waals surface area contributed by atoms with Gasteiger partial charge in [0.25, 0.3) is 0 Å². The van der Waals surface area contributed by atoms with Crippen molar-refractivity contribution in [1.29, 1.82) is 0 Å². The number of aromatic nitrogens is 2. The molecule has 17 heavy (non-hydrogen) atoms. The van der Waals surface area contributed by atoms with Crippen molar-refractivity contribution in [3.63, 3.8) is 0 Å². The molecule has 0 spiro atoms. The molecule has 2 aromatic heterocycles. The van der Waals surface area contributed by atoms with Gasteiger partial charge < -0.3 is 9.30 Å². The minimum absolute atomic E-state index is 0.633. The van der Waals surface area contributed by atoms with Crippen molar-refractivity contribution in [3.05, 3.63) is 54.9 Å². The SMILES string of the molecule is COc1ncccc1-n1ccc2ccccc21. The smallest absolute Gasteiger partial charge is 0.237 e. The van der Waals surface area contributed by atoms with Gasteiger partial charge in [-0.2, -0.15) is 0 Å². The summed E-state index contributed by atoms with van der Waals surface area (Å²) in [6.07, 6.45) is 3.76. The molecule has 84 valence electrons. The largest absolute Gasteiger partial charge is 0.480 e. The molecule has 0 fully saturated rings. The maximum Gasteiger partial charge on any atom is 0.237 e. The molecule has 0 aliphatic heterocycles. The molecule has 0 N–H and O–H groups in total. The van der Waals surface area contributed by atoms with Gasteiger partial charge in [-0.05, 0) is 29.7 Å². The number of ether oxygens (including phenoxy) is 1. The highest BCUT2D eigenvalue weighted by Crippen LogP contribution is 2.25. The summed E-state index contributed by atoms with van der Waals surface area (Å²) in [5.74, 6) is 0.633. The third kappa shape index (κ3) is 1.56. The van der Waals surface area contributed by atoms with Crippen LogP contribution in [0.4, 0.5) is 0 Å². The molecule has 0 aliphatic rings. The number of hydrogen-bond donors (Lipinski definition) is 0. The lowest BCUT2D eigenvalue weighted by atomic mass is 10.2. The molecule has 3 heteroatoms. The van der Waals surface area contributed by atoms with E-state index >= 15 is 0 Å². The van der Waals surface area contributed by atoms with Crippen LogP contribution in [-0.2, 0) is 0 Å². The van der Waals surface area contributed by atoms with E-state index in [9.17, 15) is 0 Å². The van der Waals surface area contributed by atoms with Crippen molar-refractivity contribution in [2.75, 3.05) is 7.11 Å². The van der Waals surface area contributed by atoms with Crippen molar-refractivity contribution in [1.82, 2.24) is 9.55 Å². The lowest BCUT2D eigenvalue weighted by Gasteiger charge is -2.09. The summed E-state index contributed by atoms with van der Waals surface area (Å²) in [6, 6.07) is 14.2. The molecular weight excluding hydrogens is 212 g/mol. The molecule has 0 atom stereocenters. The van der Waals surface area contributed by atoms with Crippen molar-refractivity contribution in [3.8, 4) is 11.6 Å². The average molecular weight is 224 g/mol. The number of rotatable bonds is 2. The molecule has 0 unspecified atom stereocenters. The van der Waals surface area contributed by atoms with Crippen LogP contribution in [0.5, 0.6) is 5.88 Å². The van der Waals surface area contributed by atoms with Crippen LogP contribution >= 0.6 is 0 Å². The quantitative estimate of drug-likeness (QED) is 0.669. The minimum atomic E-state index is 0.633. The third-order valence-electron chi connectivity index (χ3n) is 2.80. The van der Waals surface area contributed by atoms with E-state index in [1.807, 2.05) is 30.5 Å². The summed E-state index contributed by atoms with van der Waals surface area (Å²) in [5.41, 5.74) is 2.11. The van der Waals surface area contributed by atoms with Crippen molar-refractivity contribution in [2.24, 2.45) is 0 Å². The predicted molar refractivity (Wildman–Crippen MR) is 67.6 cm³/mol. The van der Waals surface area contributed by atoms with Crippen LogP contribution in [0.1, 0.15) is 0 Å². The summed E-state index contributed by atoms with van der Waals surface area (Å²) in [6.45, 7) is 0. The van der Waals surface area contributed by atoms with E-state index in [0.29, 0.717) is 5.88 Å². The Kier molecular flexibility index (Phi) is 2.29. The Labute approximate surface area is 99.3 Å². The van der Waals surface area contributed by atoms with E-state index in [4.69, 9.17) is 4.74 Å². The Bertz CT molecular complexity index is 658. The summed E-state index contributed by atoms with van der Waals surface area (Å²) in [5, 5.41) is 1.21. The van der Waals surface area contributed by atoms with E-state index in [-0.39, 0.29) is 0 Å². The molecule has 2 heterocycles. The van der Waals surface area contributed by atoms with Gasteiger partial charge in [-0.15, -0.1) is 0 Å². The summed E-state index contributed by atoms with van der Waals surface area (Å²) < 4.78 is 7.37. The van der Waals surface area contributed by atoms with Gasteiger partial charge in [-0.3, -0.25) is 0 Å². The fraction of sp³-hybridized carbons (Fsp3) is 0.0714. The zero-order chi connectivity index (χ0) is 11.7. The second-order valence-corrected chi connectivity index (χ2v) is 3.78. The fourth-order valence-electron chi connectivity index (χ4n) is 2.02. The Hall–Kier alpha value is -2.29. The second kappa shape index (κ2) is 3.94. The third-order valence-corrected chi connectivity index (χ3v) is 2.80. The molecule has 0 radical (unpaired) electrons. The van der Waals surface area contributed by atoms with Crippen LogP contribution in [0.2, 0.25) is 0 Å². The van der Waals surface area contributed by atoms with Gasteiger partial charge >= 0.3 is 0 Å². The topological polar surface area (TPSA) is 27.1 Å². The average Bonchev–Trinajstić information content (AvgIpc) is 2.82. The van der Waals surface area contributed by atoms with Crippen LogP contribution in [-0.4, -0.2) is 16.7 Å². The zero-order valence-corrected chi connectivity index (χ0v) is 9.50. The van der Waals surface area contributed by atoms with Gasteiger partial charge in [0.15, 0.2) is 0 Å². The standard InChI is InChI=1S/C14H12N2O/c1-17-14-13(7-4-9-15-14)16-10-8-11-5-2-3-6-12(11)16/h2-10H,1H3. The van der Waals surface area contributed by atoms with E-state index in [0.717, 1.165) is 11.2 Å². The normalized spacial score (nSPS) is 10.6. The van der Waals surface area contributed by atoms with E-state index in [1.54, 1.807) is 13.3 Å². The monoisotopic (exact) mass is 224 g/mol. The maximum absolute atomic E-state index is 5.29. The van der Waals surface area contributed by atoms with Gasteiger partial charge in [0.05, 0.1) is 12.6 Å².